The summed E-state index contributed by atoms with van der Waals surface area (Å²) in [6, 6.07) is 14.2. The lowest BCUT2D eigenvalue weighted by Crippen LogP contribution is -2.19. The van der Waals surface area contributed by atoms with E-state index >= 15 is 0 Å². The summed E-state index contributed by atoms with van der Waals surface area (Å²) >= 11 is 13.5. The number of rotatable bonds is 3. The molecule has 0 aliphatic carbocycles. The average Bonchev–Trinajstić information content (AvgIpc) is 3.19. The number of aryl methyl sites for hydroxylation is 1. The SMILES string of the molecule is Cc1cc(/C=C2/SC(=Nc3cccc(Cl)c3Cl)NC2=O)c(C)n1-c1ccc(O)cc1. The number of nitrogens with one attached hydrogen (secondary N) is 1. The van der Waals surface area contributed by atoms with Gasteiger partial charge < -0.3 is 15.0 Å². The van der Waals surface area contributed by atoms with Crippen molar-refractivity contribution in [2.75, 3.05) is 0 Å². The first-order chi connectivity index (χ1) is 14.3. The molecule has 0 spiro atoms. The molecule has 0 saturated carbocycles. The minimum absolute atomic E-state index is 0.216. The van der Waals surface area contributed by atoms with E-state index in [1.165, 1.54) is 11.8 Å². The number of halogens is 2. The molecular weight excluding hydrogens is 441 g/mol. The lowest BCUT2D eigenvalue weighted by molar-refractivity contribution is -0.115. The Balaban J connectivity index is 1.65. The highest BCUT2D eigenvalue weighted by atomic mass is 35.5. The molecule has 3 aromatic rings. The van der Waals surface area contributed by atoms with E-state index in [0.717, 1.165) is 22.6 Å². The van der Waals surface area contributed by atoms with Crippen molar-refractivity contribution in [3.05, 3.63) is 80.4 Å². The van der Waals surface area contributed by atoms with Crippen LogP contribution in [0.15, 0.2) is 58.4 Å². The first kappa shape index (κ1) is 20.6. The number of benzene rings is 2. The van der Waals surface area contributed by atoms with Crippen LogP contribution in [0.2, 0.25) is 10.0 Å². The number of phenols is 1. The molecule has 0 radical (unpaired) electrons. The Kier molecular flexibility index (Phi) is 5.64. The van der Waals surface area contributed by atoms with E-state index in [1.807, 2.05) is 38.1 Å². The molecule has 1 fully saturated rings. The molecule has 0 unspecified atom stereocenters. The summed E-state index contributed by atoms with van der Waals surface area (Å²) in [6.45, 7) is 3.99. The Morgan fingerprint density at radius 2 is 1.87 bits per heavy atom. The number of hydrogen-bond acceptors (Lipinski definition) is 4. The number of amides is 1. The second-order valence-electron chi connectivity index (χ2n) is 6.73. The summed E-state index contributed by atoms with van der Waals surface area (Å²) in [6.07, 6.45) is 1.85. The fourth-order valence-electron chi connectivity index (χ4n) is 3.24. The monoisotopic (exact) mass is 457 g/mol. The zero-order valence-electron chi connectivity index (χ0n) is 16.1. The normalized spacial score (nSPS) is 16.5. The summed E-state index contributed by atoms with van der Waals surface area (Å²) < 4.78 is 2.07. The predicted molar refractivity (Wildman–Crippen MR) is 124 cm³/mol. The Morgan fingerprint density at radius 1 is 1.13 bits per heavy atom. The first-order valence-electron chi connectivity index (χ1n) is 9.05. The van der Waals surface area contributed by atoms with E-state index in [-0.39, 0.29) is 11.7 Å². The lowest BCUT2D eigenvalue weighted by atomic mass is 10.2. The van der Waals surface area contributed by atoms with Crippen LogP contribution in [0.3, 0.4) is 0 Å². The topological polar surface area (TPSA) is 66.6 Å². The number of aromatic nitrogens is 1. The van der Waals surface area contributed by atoms with Crippen LogP contribution in [-0.4, -0.2) is 20.7 Å². The minimum atomic E-state index is -0.216. The van der Waals surface area contributed by atoms with Crippen molar-refractivity contribution in [2.24, 2.45) is 4.99 Å². The maximum absolute atomic E-state index is 12.5. The number of aromatic hydroxyl groups is 1. The molecule has 30 heavy (non-hydrogen) atoms. The van der Waals surface area contributed by atoms with Gasteiger partial charge in [0, 0.05) is 17.1 Å². The van der Waals surface area contributed by atoms with Gasteiger partial charge >= 0.3 is 0 Å². The van der Waals surface area contributed by atoms with E-state index in [1.54, 1.807) is 30.3 Å². The molecule has 1 amide bonds. The second-order valence-corrected chi connectivity index (χ2v) is 8.55. The van der Waals surface area contributed by atoms with Gasteiger partial charge in [0.15, 0.2) is 5.17 Å². The van der Waals surface area contributed by atoms with Gasteiger partial charge in [-0.15, -0.1) is 0 Å². The van der Waals surface area contributed by atoms with E-state index < -0.39 is 0 Å². The number of thioether (sulfide) groups is 1. The van der Waals surface area contributed by atoms with Gasteiger partial charge in [0.25, 0.3) is 5.91 Å². The zero-order valence-corrected chi connectivity index (χ0v) is 18.4. The molecule has 0 bridgehead atoms. The Hall–Kier alpha value is -2.67. The standard InChI is InChI=1S/C22H17Cl2N3O2S/c1-12-10-14(13(2)27(12)15-6-8-16(28)9-7-15)11-19-21(29)26-22(30-19)25-18-5-3-4-17(23)20(18)24/h3-11,28H,1-2H3,(H,25,26,29)/b19-11+. The molecule has 2 N–H and O–H groups in total. The maximum Gasteiger partial charge on any atom is 0.264 e. The van der Waals surface area contributed by atoms with Crippen LogP contribution in [0.4, 0.5) is 5.69 Å². The Morgan fingerprint density at radius 3 is 2.60 bits per heavy atom. The van der Waals surface area contributed by atoms with Crippen LogP contribution in [0, 0.1) is 13.8 Å². The lowest BCUT2D eigenvalue weighted by Gasteiger charge is -2.09. The van der Waals surface area contributed by atoms with Crippen molar-refractivity contribution in [1.29, 1.82) is 0 Å². The number of phenolic OH excluding ortho intramolecular Hbond substituents is 1. The smallest absolute Gasteiger partial charge is 0.264 e. The van der Waals surface area contributed by atoms with Gasteiger partial charge in [-0.2, -0.15) is 0 Å². The van der Waals surface area contributed by atoms with Crippen LogP contribution < -0.4 is 5.32 Å². The fourth-order valence-corrected chi connectivity index (χ4v) is 4.41. The molecule has 2 heterocycles. The van der Waals surface area contributed by atoms with Gasteiger partial charge in [-0.05, 0) is 79.7 Å². The molecule has 0 atom stereocenters. The summed E-state index contributed by atoms with van der Waals surface area (Å²) in [5, 5.41) is 13.5. The second kappa shape index (κ2) is 8.22. The number of carbonyl (C=O) groups is 1. The number of carbonyl (C=O) groups excluding carboxylic acids is 1. The largest absolute Gasteiger partial charge is 0.508 e. The van der Waals surface area contributed by atoms with Crippen LogP contribution >= 0.6 is 35.0 Å². The van der Waals surface area contributed by atoms with Crippen LogP contribution in [0.25, 0.3) is 11.8 Å². The highest BCUT2D eigenvalue weighted by Gasteiger charge is 2.25. The molecule has 152 valence electrons. The molecule has 4 rings (SSSR count). The van der Waals surface area contributed by atoms with Gasteiger partial charge in [-0.1, -0.05) is 29.3 Å². The van der Waals surface area contributed by atoms with Crippen molar-refractivity contribution in [3.8, 4) is 11.4 Å². The molecule has 1 saturated heterocycles. The fraction of sp³-hybridized carbons (Fsp3) is 0.0909. The van der Waals surface area contributed by atoms with Crippen molar-refractivity contribution in [1.82, 2.24) is 9.88 Å². The van der Waals surface area contributed by atoms with Crippen molar-refractivity contribution >= 4 is 57.8 Å². The van der Waals surface area contributed by atoms with E-state index in [0.29, 0.717) is 25.8 Å². The number of hydrogen-bond donors (Lipinski definition) is 2. The van der Waals surface area contributed by atoms with Crippen LogP contribution in [0.5, 0.6) is 5.75 Å². The van der Waals surface area contributed by atoms with Gasteiger partial charge in [0.1, 0.15) is 5.75 Å². The molecule has 1 aromatic heterocycles. The van der Waals surface area contributed by atoms with Crippen LogP contribution in [-0.2, 0) is 4.79 Å². The maximum atomic E-state index is 12.5. The third kappa shape index (κ3) is 3.99. The Labute approximate surface area is 188 Å². The minimum Gasteiger partial charge on any atom is -0.508 e. The molecule has 5 nitrogen and oxygen atoms in total. The van der Waals surface area contributed by atoms with Gasteiger partial charge in [0.05, 0.1) is 20.6 Å². The number of nitrogens with zero attached hydrogens (tertiary/aromatic N) is 2. The van der Waals surface area contributed by atoms with E-state index in [4.69, 9.17) is 23.2 Å². The van der Waals surface area contributed by atoms with Gasteiger partial charge in [-0.3, -0.25) is 4.79 Å². The zero-order chi connectivity index (χ0) is 21.4. The first-order valence-corrected chi connectivity index (χ1v) is 10.6. The molecular formula is C22H17Cl2N3O2S. The number of aliphatic imine (C=N–C) groups is 1. The summed E-state index contributed by atoms with van der Waals surface area (Å²) in [5.74, 6) is 0.000501. The average molecular weight is 458 g/mol. The third-order valence-corrected chi connectivity index (χ3v) is 6.39. The Bertz CT molecular complexity index is 1210. The highest BCUT2D eigenvalue weighted by Crippen LogP contribution is 2.35. The third-order valence-electron chi connectivity index (χ3n) is 4.67. The van der Waals surface area contributed by atoms with E-state index in [2.05, 4.69) is 14.9 Å². The number of amidine groups is 1. The summed E-state index contributed by atoms with van der Waals surface area (Å²) in [4.78, 5) is 17.4. The van der Waals surface area contributed by atoms with Gasteiger partial charge in [0.2, 0.25) is 0 Å². The molecule has 1 aliphatic heterocycles. The molecule has 2 aromatic carbocycles. The predicted octanol–water partition coefficient (Wildman–Crippen LogP) is 6.00. The summed E-state index contributed by atoms with van der Waals surface area (Å²) in [7, 11) is 0. The van der Waals surface area contributed by atoms with Crippen molar-refractivity contribution < 1.29 is 9.90 Å². The molecule has 8 heteroatoms. The van der Waals surface area contributed by atoms with E-state index in [9.17, 15) is 9.90 Å². The quantitative estimate of drug-likeness (QED) is 0.474. The van der Waals surface area contributed by atoms with Crippen LogP contribution in [0.1, 0.15) is 17.0 Å². The van der Waals surface area contributed by atoms with Gasteiger partial charge in [-0.25, -0.2) is 4.99 Å². The highest BCUT2D eigenvalue weighted by molar-refractivity contribution is 8.18. The van der Waals surface area contributed by atoms with Crippen molar-refractivity contribution in [3.63, 3.8) is 0 Å². The van der Waals surface area contributed by atoms with Crippen molar-refractivity contribution in [2.45, 2.75) is 13.8 Å². The molecule has 1 aliphatic rings. The summed E-state index contributed by atoms with van der Waals surface area (Å²) in [5.41, 5.74) is 4.38.